The minimum absolute atomic E-state index is 0.0349. The van der Waals surface area contributed by atoms with Crippen molar-refractivity contribution in [2.75, 3.05) is 27.4 Å². The first-order valence-corrected chi connectivity index (χ1v) is 7.78. The molecule has 0 aliphatic heterocycles. The summed E-state index contributed by atoms with van der Waals surface area (Å²) in [5.41, 5.74) is 0.776. The van der Waals surface area contributed by atoms with Crippen LogP contribution in [0.2, 0.25) is 0 Å². The largest absolute Gasteiger partial charge is 0.493 e. The van der Waals surface area contributed by atoms with Gasteiger partial charge in [-0.05, 0) is 30.7 Å². The summed E-state index contributed by atoms with van der Waals surface area (Å²) in [5.74, 6) is 1.93. The van der Waals surface area contributed by atoms with Crippen molar-refractivity contribution in [3.63, 3.8) is 0 Å². The van der Waals surface area contributed by atoms with Crippen LogP contribution in [0.25, 0.3) is 0 Å². The highest BCUT2D eigenvalue weighted by Crippen LogP contribution is 2.36. The van der Waals surface area contributed by atoms with Crippen molar-refractivity contribution in [3.8, 4) is 23.0 Å². The standard InChI is InChI=1S/C18H21NO6/c1-13-8-9-15(14(12-13)19(20)21)24-10-5-11-25-18-16(22-2)6-4-7-17(18)23-3/h4,6-9,12H,5,10-11H2,1-3H3. The van der Waals surface area contributed by atoms with Gasteiger partial charge in [0, 0.05) is 12.5 Å². The molecule has 0 radical (unpaired) electrons. The van der Waals surface area contributed by atoms with E-state index in [0.717, 1.165) is 5.56 Å². The third kappa shape index (κ3) is 4.76. The van der Waals surface area contributed by atoms with Crippen LogP contribution < -0.4 is 18.9 Å². The van der Waals surface area contributed by atoms with E-state index in [0.29, 0.717) is 36.9 Å². The third-order valence-electron chi connectivity index (χ3n) is 3.49. The Bertz CT molecular complexity index is 709. The highest BCUT2D eigenvalue weighted by Gasteiger charge is 2.15. The van der Waals surface area contributed by atoms with E-state index in [1.54, 1.807) is 45.4 Å². The summed E-state index contributed by atoms with van der Waals surface area (Å²) in [5, 5.41) is 11.1. The monoisotopic (exact) mass is 347 g/mol. The van der Waals surface area contributed by atoms with Gasteiger partial charge in [-0.2, -0.15) is 0 Å². The van der Waals surface area contributed by atoms with Crippen molar-refractivity contribution in [2.45, 2.75) is 13.3 Å². The SMILES string of the molecule is COc1cccc(OC)c1OCCCOc1ccc(C)cc1[N+](=O)[O-]. The fraction of sp³-hybridized carbons (Fsp3) is 0.333. The van der Waals surface area contributed by atoms with E-state index in [1.807, 2.05) is 6.07 Å². The van der Waals surface area contributed by atoms with Gasteiger partial charge in [0.25, 0.3) is 0 Å². The predicted octanol–water partition coefficient (Wildman–Crippen LogP) is 3.77. The second kappa shape index (κ2) is 8.77. The second-order valence-corrected chi connectivity index (χ2v) is 5.27. The average molecular weight is 347 g/mol. The summed E-state index contributed by atoms with van der Waals surface area (Å²) < 4.78 is 21.8. The molecule has 0 spiro atoms. The van der Waals surface area contributed by atoms with Crippen LogP contribution in [-0.4, -0.2) is 32.4 Å². The van der Waals surface area contributed by atoms with Gasteiger partial charge in [0.05, 0.1) is 32.4 Å². The molecular formula is C18H21NO6. The zero-order valence-corrected chi connectivity index (χ0v) is 14.5. The van der Waals surface area contributed by atoms with E-state index in [9.17, 15) is 10.1 Å². The molecule has 0 saturated carbocycles. The lowest BCUT2D eigenvalue weighted by molar-refractivity contribution is -0.385. The number of nitro groups is 1. The third-order valence-corrected chi connectivity index (χ3v) is 3.49. The van der Waals surface area contributed by atoms with Gasteiger partial charge < -0.3 is 18.9 Å². The van der Waals surface area contributed by atoms with Crippen molar-refractivity contribution >= 4 is 5.69 Å². The minimum Gasteiger partial charge on any atom is -0.493 e. The van der Waals surface area contributed by atoms with Crippen molar-refractivity contribution < 1.29 is 23.9 Å². The summed E-state index contributed by atoms with van der Waals surface area (Å²) in [4.78, 5) is 10.6. The van der Waals surface area contributed by atoms with Crippen LogP contribution in [0.15, 0.2) is 36.4 Å². The lowest BCUT2D eigenvalue weighted by Gasteiger charge is -2.14. The molecule has 0 aliphatic rings. The van der Waals surface area contributed by atoms with Crippen LogP contribution in [0.3, 0.4) is 0 Å². The Hall–Kier alpha value is -2.96. The topological polar surface area (TPSA) is 80.1 Å². The number of ether oxygens (including phenoxy) is 4. The molecule has 0 bridgehead atoms. The first kappa shape index (κ1) is 18.4. The molecule has 0 heterocycles. The molecule has 2 aromatic rings. The molecule has 2 aromatic carbocycles. The molecule has 134 valence electrons. The number of hydrogen-bond donors (Lipinski definition) is 0. The molecule has 0 fully saturated rings. The average Bonchev–Trinajstić information content (AvgIpc) is 2.62. The van der Waals surface area contributed by atoms with E-state index in [-0.39, 0.29) is 11.4 Å². The summed E-state index contributed by atoms with van der Waals surface area (Å²) in [6.07, 6.45) is 0.548. The van der Waals surface area contributed by atoms with Gasteiger partial charge >= 0.3 is 5.69 Å². The Balaban J connectivity index is 1.90. The Morgan fingerprint density at radius 2 is 1.60 bits per heavy atom. The van der Waals surface area contributed by atoms with Gasteiger partial charge in [-0.25, -0.2) is 0 Å². The zero-order chi connectivity index (χ0) is 18.2. The van der Waals surface area contributed by atoms with Gasteiger partial charge in [-0.3, -0.25) is 10.1 Å². The van der Waals surface area contributed by atoms with Gasteiger partial charge in [0.2, 0.25) is 5.75 Å². The lowest BCUT2D eigenvalue weighted by atomic mass is 10.2. The molecule has 25 heavy (non-hydrogen) atoms. The zero-order valence-electron chi connectivity index (χ0n) is 14.5. The first-order chi connectivity index (χ1) is 12.1. The number of methoxy groups -OCH3 is 2. The summed E-state index contributed by atoms with van der Waals surface area (Å²) in [6.45, 7) is 2.45. The minimum atomic E-state index is -0.446. The molecular weight excluding hydrogens is 326 g/mol. The molecule has 0 amide bonds. The first-order valence-electron chi connectivity index (χ1n) is 7.78. The highest BCUT2D eigenvalue weighted by molar-refractivity contribution is 5.51. The summed E-state index contributed by atoms with van der Waals surface area (Å²) in [7, 11) is 3.11. The van der Waals surface area contributed by atoms with Gasteiger partial charge in [0.15, 0.2) is 17.2 Å². The van der Waals surface area contributed by atoms with Crippen molar-refractivity contribution in [1.82, 2.24) is 0 Å². The Morgan fingerprint density at radius 3 is 2.20 bits per heavy atom. The molecule has 0 saturated heterocycles. The summed E-state index contributed by atoms with van der Waals surface area (Å²) >= 11 is 0. The van der Waals surface area contributed by atoms with Crippen LogP contribution in [0.1, 0.15) is 12.0 Å². The molecule has 7 nitrogen and oxygen atoms in total. The number of aryl methyl sites for hydroxylation is 1. The van der Waals surface area contributed by atoms with E-state index in [4.69, 9.17) is 18.9 Å². The lowest BCUT2D eigenvalue weighted by Crippen LogP contribution is -2.07. The number of para-hydroxylation sites is 1. The van der Waals surface area contributed by atoms with E-state index < -0.39 is 4.92 Å². The smallest absolute Gasteiger partial charge is 0.311 e. The van der Waals surface area contributed by atoms with Crippen molar-refractivity contribution in [2.24, 2.45) is 0 Å². The van der Waals surface area contributed by atoms with Crippen molar-refractivity contribution in [3.05, 3.63) is 52.1 Å². The maximum atomic E-state index is 11.1. The Morgan fingerprint density at radius 1 is 0.960 bits per heavy atom. The number of benzene rings is 2. The van der Waals surface area contributed by atoms with Crippen LogP contribution >= 0.6 is 0 Å². The Labute approximate surface area is 146 Å². The van der Waals surface area contributed by atoms with Gasteiger partial charge in [-0.15, -0.1) is 0 Å². The molecule has 0 atom stereocenters. The van der Waals surface area contributed by atoms with Crippen LogP contribution in [0, 0.1) is 17.0 Å². The maximum absolute atomic E-state index is 11.1. The molecule has 0 aliphatic carbocycles. The maximum Gasteiger partial charge on any atom is 0.311 e. The normalized spacial score (nSPS) is 10.2. The molecule has 2 rings (SSSR count). The number of nitrogens with zero attached hydrogens (tertiary/aromatic N) is 1. The predicted molar refractivity (Wildman–Crippen MR) is 93.0 cm³/mol. The van der Waals surface area contributed by atoms with Crippen molar-refractivity contribution in [1.29, 1.82) is 0 Å². The van der Waals surface area contributed by atoms with Crippen LogP contribution in [0.4, 0.5) is 5.69 Å². The van der Waals surface area contributed by atoms with E-state index in [1.165, 1.54) is 6.07 Å². The summed E-state index contributed by atoms with van der Waals surface area (Å²) in [6, 6.07) is 10.2. The van der Waals surface area contributed by atoms with Crippen LogP contribution in [0.5, 0.6) is 23.0 Å². The molecule has 0 aromatic heterocycles. The second-order valence-electron chi connectivity index (χ2n) is 5.27. The van der Waals surface area contributed by atoms with E-state index in [2.05, 4.69) is 0 Å². The highest BCUT2D eigenvalue weighted by atomic mass is 16.6. The molecule has 7 heteroatoms. The Kier molecular flexibility index (Phi) is 6.45. The fourth-order valence-corrected chi connectivity index (χ4v) is 2.27. The van der Waals surface area contributed by atoms with Gasteiger partial charge in [-0.1, -0.05) is 12.1 Å². The van der Waals surface area contributed by atoms with E-state index >= 15 is 0 Å². The fourth-order valence-electron chi connectivity index (χ4n) is 2.27. The number of rotatable bonds is 9. The van der Waals surface area contributed by atoms with Gasteiger partial charge in [0.1, 0.15) is 0 Å². The number of nitro benzene ring substituents is 1. The molecule has 0 N–H and O–H groups in total. The molecule has 0 unspecified atom stereocenters. The van der Waals surface area contributed by atoms with Crippen LogP contribution in [-0.2, 0) is 0 Å². The number of hydrogen-bond acceptors (Lipinski definition) is 6. The quantitative estimate of drug-likeness (QED) is 0.390.